The van der Waals surface area contributed by atoms with E-state index in [1.165, 1.54) is 0 Å². The maximum Gasteiger partial charge on any atom is 0.268 e. The third kappa shape index (κ3) is 3.51. The Hall–Kier alpha value is -2.79. The van der Waals surface area contributed by atoms with Crippen molar-refractivity contribution in [2.45, 2.75) is 19.6 Å². The highest BCUT2D eigenvalue weighted by atomic mass is 16.5. The van der Waals surface area contributed by atoms with E-state index in [0.29, 0.717) is 23.6 Å². The number of hydrogen-bond donors (Lipinski definition) is 2. The molecule has 0 aliphatic rings. The van der Waals surface area contributed by atoms with E-state index >= 15 is 0 Å². The Bertz CT molecular complexity index is 886. The molecule has 2 aromatic carbocycles. The summed E-state index contributed by atoms with van der Waals surface area (Å²) in [4.78, 5) is 12.6. The molecule has 5 nitrogen and oxygen atoms in total. The second-order valence-electron chi connectivity index (χ2n) is 5.84. The molecule has 0 aliphatic carbocycles. The molecule has 0 aliphatic heterocycles. The number of aromatic nitrogens is 1. The highest BCUT2D eigenvalue weighted by Gasteiger charge is 2.16. The number of nitrogens with zero attached hydrogens (tertiary/aromatic N) is 1. The zero-order valence-corrected chi connectivity index (χ0v) is 14.4. The Morgan fingerprint density at radius 3 is 2.76 bits per heavy atom. The summed E-state index contributed by atoms with van der Waals surface area (Å²) in [6, 6.07) is 17.0. The van der Waals surface area contributed by atoms with Crippen molar-refractivity contribution in [1.82, 2.24) is 9.88 Å². The molecule has 0 fully saturated rings. The summed E-state index contributed by atoms with van der Waals surface area (Å²) in [7, 11) is 1.58. The number of carbonyl (C=O) groups excluding carboxylic acids is 1. The predicted molar refractivity (Wildman–Crippen MR) is 97.9 cm³/mol. The molecule has 0 saturated carbocycles. The van der Waals surface area contributed by atoms with E-state index in [-0.39, 0.29) is 12.5 Å². The van der Waals surface area contributed by atoms with Crippen molar-refractivity contribution in [2.75, 3.05) is 13.7 Å². The molecule has 0 spiro atoms. The van der Waals surface area contributed by atoms with Crippen molar-refractivity contribution in [3.8, 4) is 5.75 Å². The fourth-order valence-electron chi connectivity index (χ4n) is 2.99. The van der Waals surface area contributed by atoms with Crippen molar-refractivity contribution in [3.05, 3.63) is 65.9 Å². The number of benzene rings is 2. The normalized spacial score (nSPS) is 12.1. The zero-order chi connectivity index (χ0) is 17.8. The highest BCUT2D eigenvalue weighted by Crippen LogP contribution is 2.21. The number of ether oxygens (including phenoxy) is 1. The molecule has 1 amide bonds. The lowest BCUT2D eigenvalue weighted by Crippen LogP contribution is -2.30. The van der Waals surface area contributed by atoms with Gasteiger partial charge in [0, 0.05) is 24.0 Å². The van der Waals surface area contributed by atoms with E-state index in [0.717, 1.165) is 10.9 Å². The highest BCUT2D eigenvalue weighted by molar-refractivity contribution is 5.98. The summed E-state index contributed by atoms with van der Waals surface area (Å²) in [5.41, 5.74) is 2.33. The second-order valence-corrected chi connectivity index (χ2v) is 5.84. The molecule has 2 N–H and O–H groups in total. The number of fused-ring (bicyclic) bond motifs is 1. The summed E-state index contributed by atoms with van der Waals surface area (Å²) in [5.74, 6) is 0.481. The molecule has 1 unspecified atom stereocenters. The van der Waals surface area contributed by atoms with Crippen LogP contribution in [0.2, 0.25) is 0 Å². The van der Waals surface area contributed by atoms with Crippen LogP contribution in [-0.4, -0.2) is 29.2 Å². The second kappa shape index (κ2) is 7.40. The van der Waals surface area contributed by atoms with Crippen molar-refractivity contribution < 1.29 is 14.6 Å². The lowest BCUT2D eigenvalue weighted by molar-refractivity contribution is 0.0907. The Kier molecular flexibility index (Phi) is 5.05. The standard InChI is InChI=1S/C20H22N2O3/c1-3-22-17-10-5-4-7-14(17)12-18(22)20(24)21-13-19(23)15-8-6-9-16(11-15)25-2/h4-12,19,23H,3,13H2,1-2H3,(H,21,24). The van der Waals surface area contributed by atoms with E-state index in [9.17, 15) is 9.90 Å². The van der Waals surface area contributed by atoms with Crippen LogP contribution < -0.4 is 10.1 Å². The Balaban J connectivity index is 1.74. The average Bonchev–Trinajstić information content (AvgIpc) is 3.04. The van der Waals surface area contributed by atoms with E-state index in [1.807, 2.05) is 60.0 Å². The van der Waals surface area contributed by atoms with Crippen LogP contribution in [0.15, 0.2) is 54.6 Å². The van der Waals surface area contributed by atoms with Crippen molar-refractivity contribution in [3.63, 3.8) is 0 Å². The Morgan fingerprint density at radius 1 is 1.20 bits per heavy atom. The monoisotopic (exact) mass is 338 g/mol. The van der Waals surface area contributed by atoms with Crippen LogP contribution >= 0.6 is 0 Å². The van der Waals surface area contributed by atoms with Gasteiger partial charge < -0.3 is 19.7 Å². The van der Waals surface area contributed by atoms with Crippen LogP contribution in [0.5, 0.6) is 5.75 Å². The third-order valence-corrected chi connectivity index (χ3v) is 4.29. The first kappa shape index (κ1) is 17.0. The number of aryl methyl sites for hydroxylation is 1. The number of rotatable bonds is 6. The third-order valence-electron chi connectivity index (χ3n) is 4.29. The van der Waals surface area contributed by atoms with Gasteiger partial charge in [0.1, 0.15) is 11.4 Å². The molecule has 3 aromatic rings. The number of nitrogens with one attached hydrogen (secondary N) is 1. The number of aliphatic hydroxyl groups excluding tert-OH is 1. The van der Waals surface area contributed by atoms with Crippen LogP contribution in [0.4, 0.5) is 0 Å². The molecule has 3 rings (SSSR count). The average molecular weight is 338 g/mol. The number of aliphatic hydroxyl groups is 1. The van der Waals surface area contributed by atoms with E-state index in [4.69, 9.17) is 4.74 Å². The maximum absolute atomic E-state index is 12.6. The van der Waals surface area contributed by atoms with Gasteiger partial charge in [-0.2, -0.15) is 0 Å². The van der Waals surface area contributed by atoms with Crippen LogP contribution in [0, 0.1) is 0 Å². The minimum atomic E-state index is -0.793. The number of para-hydroxylation sites is 1. The number of amides is 1. The molecule has 0 saturated heterocycles. The minimum Gasteiger partial charge on any atom is -0.497 e. The summed E-state index contributed by atoms with van der Waals surface area (Å²) in [6.45, 7) is 2.85. The van der Waals surface area contributed by atoms with Gasteiger partial charge in [0.05, 0.1) is 13.2 Å². The molecule has 130 valence electrons. The number of methoxy groups -OCH3 is 1. The van der Waals surface area contributed by atoms with Crippen molar-refractivity contribution in [2.24, 2.45) is 0 Å². The minimum absolute atomic E-state index is 0.136. The van der Waals surface area contributed by atoms with E-state index < -0.39 is 6.10 Å². The number of hydrogen-bond acceptors (Lipinski definition) is 3. The molecule has 0 bridgehead atoms. The topological polar surface area (TPSA) is 63.5 Å². The van der Waals surface area contributed by atoms with Gasteiger partial charge in [-0.05, 0) is 36.8 Å². The van der Waals surface area contributed by atoms with Gasteiger partial charge in [0.2, 0.25) is 0 Å². The van der Waals surface area contributed by atoms with Crippen molar-refractivity contribution in [1.29, 1.82) is 0 Å². The lowest BCUT2D eigenvalue weighted by Gasteiger charge is -2.14. The fraction of sp³-hybridized carbons (Fsp3) is 0.250. The lowest BCUT2D eigenvalue weighted by atomic mass is 10.1. The molecule has 1 heterocycles. The first-order valence-electron chi connectivity index (χ1n) is 8.32. The molecule has 0 radical (unpaired) electrons. The Labute approximate surface area is 146 Å². The predicted octanol–water partition coefficient (Wildman–Crippen LogP) is 3.13. The summed E-state index contributed by atoms with van der Waals surface area (Å²) in [6.07, 6.45) is -0.793. The quantitative estimate of drug-likeness (QED) is 0.726. The molecule has 1 aromatic heterocycles. The molecule has 25 heavy (non-hydrogen) atoms. The van der Waals surface area contributed by atoms with Gasteiger partial charge >= 0.3 is 0 Å². The zero-order valence-electron chi connectivity index (χ0n) is 14.4. The molecule has 5 heteroatoms. The first-order valence-corrected chi connectivity index (χ1v) is 8.32. The van der Waals surface area contributed by atoms with Crippen LogP contribution in [0.25, 0.3) is 10.9 Å². The van der Waals surface area contributed by atoms with E-state index in [1.54, 1.807) is 13.2 Å². The summed E-state index contributed by atoms with van der Waals surface area (Å²) in [5, 5.41) is 14.2. The van der Waals surface area contributed by atoms with Gasteiger partial charge in [-0.1, -0.05) is 30.3 Å². The summed E-state index contributed by atoms with van der Waals surface area (Å²) >= 11 is 0. The SMILES string of the molecule is CCn1c(C(=O)NCC(O)c2cccc(OC)c2)cc2ccccc21. The first-order chi connectivity index (χ1) is 12.1. The van der Waals surface area contributed by atoms with Gasteiger partial charge in [0.25, 0.3) is 5.91 Å². The largest absolute Gasteiger partial charge is 0.497 e. The van der Waals surface area contributed by atoms with Gasteiger partial charge in [-0.15, -0.1) is 0 Å². The van der Waals surface area contributed by atoms with Crippen LogP contribution in [0.3, 0.4) is 0 Å². The van der Waals surface area contributed by atoms with Crippen molar-refractivity contribution >= 4 is 16.8 Å². The molecule has 1 atom stereocenters. The maximum atomic E-state index is 12.6. The van der Waals surface area contributed by atoms with E-state index in [2.05, 4.69) is 5.32 Å². The smallest absolute Gasteiger partial charge is 0.268 e. The number of carbonyl (C=O) groups is 1. The van der Waals surface area contributed by atoms with Gasteiger partial charge in [-0.25, -0.2) is 0 Å². The Morgan fingerprint density at radius 2 is 2.00 bits per heavy atom. The fourth-order valence-corrected chi connectivity index (χ4v) is 2.99. The van der Waals surface area contributed by atoms with Gasteiger partial charge in [-0.3, -0.25) is 4.79 Å². The van der Waals surface area contributed by atoms with Crippen LogP contribution in [-0.2, 0) is 6.54 Å². The summed E-state index contributed by atoms with van der Waals surface area (Å²) < 4.78 is 7.14. The van der Waals surface area contributed by atoms with Crippen LogP contribution in [0.1, 0.15) is 29.1 Å². The molecular weight excluding hydrogens is 316 g/mol. The van der Waals surface area contributed by atoms with Gasteiger partial charge in [0.15, 0.2) is 0 Å². The molecular formula is C20H22N2O3.